The summed E-state index contributed by atoms with van der Waals surface area (Å²) in [5.41, 5.74) is 2.41. The molecule has 0 amide bonds. The lowest BCUT2D eigenvalue weighted by molar-refractivity contribution is 0.0697. The highest BCUT2D eigenvalue weighted by molar-refractivity contribution is 6.35. The second-order valence-corrected chi connectivity index (χ2v) is 5.45. The smallest absolute Gasteiger partial charge is 0.337 e. The summed E-state index contributed by atoms with van der Waals surface area (Å²) < 4.78 is 0. The molecule has 0 unspecified atom stereocenters. The number of carbonyl (C=O) groups is 1. The zero-order valence-electron chi connectivity index (χ0n) is 11.9. The lowest BCUT2D eigenvalue weighted by Gasteiger charge is -2.10. The number of carboxylic acid groups (broad SMARTS) is 1. The van der Waals surface area contributed by atoms with Gasteiger partial charge >= 0.3 is 5.97 Å². The lowest BCUT2D eigenvalue weighted by Crippen LogP contribution is -2.05. The monoisotopic (exact) mass is 304 g/mol. The molecule has 2 aromatic rings. The summed E-state index contributed by atoms with van der Waals surface area (Å²) in [6.07, 6.45) is 1.43. The zero-order valence-corrected chi connectivity index (χ0v) is 12.7. The van der Waals surface area contributed by atoms with Gasteiger partial charge in [0.1, 0.15) is 5.82 Å². The summed E-state index contributed by atoms with van der Waals surface area (Å²) in [4.78, 5) is 15.1. The van der Waals surface area contributed by atoms with Gasteiger partial charge in [0.05, 0.1) is 10.6 Å². The minimum Gasteiger partial charge on any atom is -0.478 e. The van der Waals surface area contributed by atoms with Crippen molar-refractivity contribution in [2.45, 2.75) is 26.3 Å². The van der Waals surface area contributed by atoms with E-state index < -0.39 is 5.97 Å². The van der Waals surface area contributed by atoms with Crippen LogP contribution in [0.3, 0.4) is 0 Å². The summed E-state index contributed by atoms with van der Waals surface area (Å²) in [6.45, 7) is 4.83. The number of rotatable bonds is 5. The number of anilines is 1. The molecule has 0 fully saturated rings. The molecule has 5 heteroatoms. The van der Waals surface area contributed by atoms with Crippen LogP contribution in [0.4, 0.5) is 5.82 Å². The Labute approximate surface area is 128 Å². The summed E-state index contributed by atoms with van der Waals surface area (Å²) in [6, 6.07) is 9.64. The van der Waals surface area contributed by atoms with Crippen molar-refractivity contribution in [3.8, 4) is 0 Å². The number of nitrogens with one attached hydrogen (secondary N) is 1. The zero-order chi connectivity index (χ0) is 15.4. The molecule has 0 spiro atoms. The van der Waals surface area contributed by atoms with Gasteiger partial charge in [-0.25, -0.2) is 9.78 Å². The predicted molar refractivity (Wildman–Crippen MR) is 84.1 cm³/mol. The highest BCUT2D eigenvalue weighted by Gasteiger charge is 2.12. The molecule has 0 saturated heterocycles. The molecule has 1 aromatic heterocycles. The van der Waals surface area contributed by atoms with E-state index in [9.17, 15) is 4.79 Å². The first kappa shape index (κ1) is 15.3. The topological polar surface area (TPSA) is 62.2 Å². The number of hydrogen-bond acceptors (Lipinski definition) is 3. The molecule has 0 saturated carbocycles. The molecule has 2 rings (SSSR count). The number of pyridine rings is 1. The summed E-state index contributed by atoms with van der Waals surface area (Å²) in [5.74, 6) is -0.188. The van der Waals surface area contributed by atoms with Crippen LogP contribution in [0, 0.1) is 0 Å². The Morgan fingerprint density at radius 3 is 2.52 bits per heavy atom. The van der Waals surface area contributed by atoms with Gasteiger partial charge in [-0.05, 0) is 23.1 Å². The van der Waals surface area contributed by atoms with Crippen LogP contribution in [0.15, 0.2) is 36.5 Å². The van der Waals surface area contributed by atoms with Crippen LogP contribution in [0.5, 0.6) is 0 Å². The molecule has 110 valence electrons. The van der Waals surface area contributed by atoms with Gasteiger partial charge in [-0.1, -0.05) is 49.7 Å². The molecule has 0 radical (unpaired) electrons. The Morgan fingerprint density at radius 1 is 1.29 bits per heavy atom. The average Bonchev–Trinajstić information content (AvgIpc) is 2.46. The third kappa shape index (κ3) is 3.73. The van der Waals surface area contributed by atoms with Crippen LogP contribution < -0.4 is 5.32 Å². The van der Waals surface area contributed by atoms with Gasteiger partial charge in [-0.3, -0.25) is 0 Å². The van der Waals surface area contributed by atoms with Crippen molar-refractivity contribution >= 4 is 23.4 Å². The number of aromatic carboxylic acids is 1. The third-order valence-corrected chi connectivity index (χ3v) is 3.61. The fourth-order valence-corrected chi connectivity index (χ4v) is 2.20. The van der Waals surface area contributed by atoms with Crippen molar-refractivity contribution in [2.75, 3.05) is 5.32 Å². The predicted octanol–water partition coefficient (Wildman–Crippen LogP) is 4.17. The first-order valence-electron chi connectivity index (χ1n) is 6.69. The second kappa shape index (κ2) is 6.59. The van der Waals surface area contributed by atoms with Gasteiger partial charge in [-0.2, -0.15) is 0 Å². The van der Waals surface area contributed by atoms with Crippen LogP contribution in [-0.4, -0.2) is 16.1 Å². The highest BCUT2D eigenvalue weighted by Crippen LogP contribution is 2.24. The number of carboxylic acids is 1. The number of hydrogen-bond donors (Lipinski definition) is 2. The van der Waals surface area contributed by atoms with Crippen LogP contribution in [-0.2, 0) is 6.54 Å². The number of nitrogens with zero attached hydrogens (tertiary/aromatic N) is 1. The van der Waals surface area contributed by atoms with Crippen molar-refractivity contribution in [3.63, 3.8) is 0 Å². The van der Waals surface area contributed by atoms with Gasteiger partial charge in [0.25, 0.3) is 0 Å². The van der Waals surface area contributed by atoms with Gasteiger partial charge in [0.2, 0.25) is 0 Å². The van der Waals surface area contributed by atoms with E-state index in [1.165, 1.54) is 17.8 Å². The molecular weight excluding hydrogens is 288 g/mol. The fraction of sp³-hybridized carbons (Fsp3) is 0.250. The highest BCUT2D eigenvalue weighted by atomic mass is 35.5. The fourth-order valence-electron chi connectivity index (χ4n) is 1.94. The van der Waals surface area contributed by atoms with E-state index in [1.54, 1.807) is 0 Å². The van der Waals surface area contributed by atoms with E-state index >= 15 is 0 Å². The lowest BCUT2D eigenvalue weighted by atomic mass is 10.0. The first-order valence-corrected chi connectivity index (χ1v) is 7.07. The van der Waals surface area contributed by atoms with Gasteiger partial charge in [-0.15, -0.1) is 0 Å². The number of halogens is 1. The molecule has 0 aliphatic carbocycles. The van der Waals surface area contributed by atoms with E-state index in [4.69, 9.17) is 16.7 Å². The normalized spacial score (nSPS) is 10.7. The first-order chi connectivity index (χ1) is 9.99. The Morgan fingerprint density at radius 2 is 1.95 bits per heavy atom. The van der Waals surface area contributed by atoms with E-state index in [0.717, 1.165) is 5.56 Å². The van der Waals surface area contributed by atoms with Gasteiger partial charge < -0.3 is 10.4 Å². The van der Waals surface area contributed by atoms with E-state index in [2.05, 4.69) is 36.3 Å². The Hall–Kier alpha value is -2.07. The minimum absolute atomic E-state index is 0.0457. The maximum absolute atomic E-state index is 11.0. The maximum atomic E-state index is 11.0. The van der Waals surface area contributed by atoms with E-state index in [1.807, 2.05) is 12.1 Å². The molecule has 2 N–H and O–H groups in total. The summed E-state index contributed by atoms with van der Waals surface area (Å²) >= 11 is 6.03. The quantitative estimate of drug-likeness (QED) is 0.870. The van der Waals surface area contributed by atoms with Crippen LogP contribution in [0.2, 0.25) is 5.02 Å². The molecule has 21 heavy (non-hydrogen) atoms. The third-order valence-electron chi connectivity index (χ3n) is 3.23. The van der Waals surface area contributed by atoms with Crippen molar-refractivity contribution in [1.29, 1.82) is 0 Å². The molecular formula is C16H17ClN2O2. The van der Waals surface area contributed by atoms with Crippen molar-refractivity contribution < 1.29 is 9.90 Å². The second-order valence-electron chi connectivity index (χ2n) is 5.08. The molecule has 0 atom stereocenters. The van der Waals surface area contributed by atoms with E-state index in [0.29, 0.717) is 18.3 Å². The molecule has 1 heterocycles. The van der Waals surface area contributed by atoms with Crippen LogP contribution in [0.25, 0.3) is 0 Å². The number of aromatic nitrogens is 1. The minimum atomic E-state index is -1.06. The summed E-state index contributed by atoms with van der Waals surface area (Å²) in [5, 5.41) is 12.2. The maximum Gasteiger partial charge on any atom is 0.337 e. The average molecular weight is 305 g/mol. The summed E-state index contributed by atoms with van der Waals surface area (Å²) in [7, 11) is 0. The van der Waals surface area contributed by atoms with E-state index in [-0.39, 0.29) is 10.6 Å². The Kier molecular flexibility index (Phi) is 4.81. The standard InChI is InChI=1S/C16H17ClN2O2/c1-10(2)12-5-3-11(4-6-12)9-19-15-14(17)13(16(20)21)7-8-18-15/h3-8,10H,9H2,1-2H3,(H,18,19)(H,20,21). The molecule has 0 aliphatic rings. The molecule has 0 bridgehead atoms. The van der Waals surface area contributed by atoms with Gasteiger partial charge in [0, 0.05) is 12.7 Å². The Bertz CT molecular complexity index is 639. The van der Waals surface area contributed by atoms with Crippen molar-refractivity contribution in [1.82, 2.24) is 4.98 Å². The van der Waals surface area contributed by atoms with Crippen molar-refractivity contribution in [2.24, 2.45) is 0 Å². The SMILES string of the molecule is CC(C)c1ccc(CNc2nccc(C(=O)O)c2Cl)cc1. The van der Waals surface area contributed by atoms with Gasteiger partial charge in [0.15, 0.2) is 0 Å². The van der Waals surface area contributed by atoms with Crippen LogP contribution in [0.1, 0.15) is 41.3 Å². The van der Waals surface area contributed by atoms with Crippen molar-refractivity contribution in [3.05, 3.63) is 58.2 Å². The molecule has 0 aliphatic heterocycles. The van der Waals surface area contributed by atoms with Crippen LogP contribution >= 0.6 is 11.6 Å². The molecule has 4 nitrogen and oxygen atoms in total. The molecule has 1 aromatic carbocycles. The number of benzene rings is 1. The largest absolute Gasteiger partial charge is 0.478 e. The Balaban J connectivity index is 2.09.